The predicted octanol–water partition coefficient (Wildman–Crippen LogP) is 3.46. The molecule has 1 N–H and O–H groups in total. The minimum absolute atomic E-state index is 0.00372. The van der Waals surface area contributed by atoms with Gasteiger partial charge in [-0.1, -0.05) is 12.1 Å². The van der Waals surface area contributed by atoms with Gasteiger partial charge in [-0.2, -0.15) is 31.3 Å². The maximum absolute atomic E-state index is 13.1. The van der Waals surface area contributed by atoms with Crippen LogP contribution < -0.4 is 14.5 Å². The molecule has 166 valence electrons. The second-order valence-electron chi connectivity index (χ2n) is 6.64. The Balaban J connectivity index is 2.11. The fourth-order valence-corrected chi connectivity index (χ4v) is 2.43. The minimum Gasteiger partial charge on any atom is -0.490 e. The first-order valence-electron chi connectivity index (χ1n) is 8.61. The average Bonchev–Trinajstić information content (AvgIpc) is 2.64. The van der Waals surface area contributed by atoms with Crippen molar-refractivity contribution in [2.24, 2.45) is 0 Å². The van der Waals surface area contributed by atoms with E-state index >= 15 is 0 Å². The molecule has 1 aromatic heterocycles. The average molecular weight is 438 g/mol. The number of halogens is 6. The highest BCUT2D eigenvalue weighted by molar-refractivity contribution is 5.45. The number of aliphatic hydroxyl groups excluding tert-OH is 1. The van der Waals surface area contributed by atoms with Crippen LogP contribution in [0.5, 0.6) is 5.75 Å². The van der Waals surface area contributed by atoms with Crippen molar-refractivity contribution in [2.45, 2.75) is 18.5 Å². The van der Waals surface area contributed by atoms with Crippen molar-refractivity contribution in [3.8, 4) is 5.75 Å². The fourth-order valence-electron chi connectivity index (χ4n) is 2.43. The second kappa shape index (κ2) is 8.94. The van der Waals surface area contributed by atoms with E-state index in [4.69, 9.17) is 4.74 Å². The number of anilines is 2. The maximum Gasteiger partial charge on any atom is 0.433 e. The van der Waals surface area contributed by atoms with E-state index in [1.54, 1.807) is 0 Å². The van der Waals surface area contributed by atoms with Crippen LogP contribution in [-0.2, 0) is 12.4 Å². The number of aliphatic hydroxyl groups is 1. The van der Waals surface area contributed by atoms with Gasteiger partial charge in [-0.05, 0) is 12.1 Å². The first-order valence-corrected chi connectivity index (χ1v) is 8.61. The molecule has 0 aliphatic carbocycles. The van der Waals surface area contributed by atoms with Gasteiger partial charge in [0.2, 0.25) is 5.95 Å². The molecule has 0 aliphatic rings. The molecule has 1 atom stereocenters. The van der Waals surface area contributed by atoms with Crippen LogP contribution in [0.4, 0.5) is 38.1 Å². The zero-order valence-electron chi connectivity index (χ0n) is 16.3. The fraction of sp³-hybridized carbons (Fsp3) is 0.444. The Morgan fingerprint density at radius 3 is 2.20 bits per heavy atom. The van der Waals surface area contributed by atoms with E-state index in [0.717, 1.165) is 23.1 Å². The van der Waals surface area contributed by atoms with Crippen molar-refractivity contribution in [1.82, 2.24) is 9.97 Å². The van der Waals surface area contributed by atoms with E-state index in [-0.39, 0.29) is 18.3 Å². The third kappa shape index (κ3) is 6.12. The molecular formula is C18H20F6N4O2. The molecule has 6 nitrogen and oxygen atoms in total. The first kappa shape index (κ1) is 23.5. The summed E-state index contributed by atoms with van der Waals surface area (Å²) in [5, 5.41) is 10.1. The lowest BCUT2D eigenvalue weighted by Gasteiger charge is -2.24. The third-order valence-corrected chi connectivity index (χ3v) is 3.90. The summed E-state index contributed by atoms with van der Waals surface area (Å²) in [5.74, 6) is -0.760. The number of hydrogen-bond donors (Lipinski definition) is 1. The van der Waals surface area contributed by atoms with Gasteiger partial charge in [0.1, 0.15) is 24.3 Å². The molecule has 2 rings (SSSR count). The van der Waals surface area contributed by atoms with Gasteiger partial charge in [-0.3, -0.25) is 0 Å². The standard InChI is InChI=1S/C18H20F6N4O2/c1-27(2)15-8-14(18(22,23)24)25-16(26-15)28(3)9-11(29)10-30-13-7-5-4-6-12(13)17(19,20)21/h4-8,11,29H,9-10H2,1-3H3. The highest BCUT2D eigenvalue weighted by Crippen LogP contribution is 2.36. The number of likely N-dealkylation sites (N-methyl/N-ethyl adjacent to an activating group) is 1. The number of rotatable bonds is 7. The van der Waals surface area contributed by atoms with Crippen LogP contribution in [0.3, 0.4) is 0 Å². The molecule has 1 unspecified atom stereocenters. The Labute approximate surface area is 168 Å². The van der Waals surface area contributed by atoms with Crippen molar-refractivity contribution in [2.75, 3.05) is 44.1 Å². The van der Waals surface area contributed by atoms with Crippen LogP contribution in [0.2, 0.25) is 0 Å². The highest BCUT2D eigenvalue weighted by atomic mass is 19.4. The van der Waals surface area contributed by atoms with Gasteiger partial charge in [0.25, 0.3) is 0 Å². The zero-order chi connectivity index (χ0) is 22.7. The number of benzene rings is 1. The quantitative estimate of drug-likeness (QED) is 0.669. The smallest absolute Gasteiger partial charge is 0.433 e. The van der Waals surface area contributed by atoms with Crippen LogP contribution >= 0.6 is 0 Å². The van der Waals surface area contributed by atoms with Gasteiger partial charge in [0.15, 0.2) is 5.69 Å². The second-order valence-corrected chi connectivity index (χ2v) is 6.64. The van der Waals surface area contributed by atoms with E-state index in [0.29, 0.717) is 0 Å². The summed E-state index contributed by atoms with van der Waals surface area (Å²) in [6.07, 6.45) is -10.7. The SMILES string of the molecule is CN(C)c1cc(C(F)(F)F)nc(N(C)CC(O)COc2ccccc2C(F)(F)F)n1. The number of para-hydroxylation sites is 1. The van der Waals surface area contributed by atoms with Gasteiger partial charge in [0.05, 0.1) is 5.56 Å². The minimum atomic E-state index is -4.70. The van der Waals surface area contributed by atoms with Crippen molar-refractivity contribution < 1.29 is 36.2 Å². The Kier molecular flexibility index (Phi) is 7.01. The van der Waals surface area contributed by atoms with Crippen LogP contribution in [0, 0.1) is 0 Å². The molecule has 30 heavy (non-hydrogen) atoms. The van der Waals surface area contributed by atoms with E-state index in [9.17, 15) is 31.4 Å². The van der Waals surface area contributed by atoms with Crippen molar-refractivity contribution in [3.63, 3.8) is 0 Å². The van der Waals surface area contributed by atoms with Gasteiger partial charge < -0.3 is 19.6 Å². The Bertz CT molecular complexity index is 857. The number of nitrogens with zero attached hydrogens (tertiary/aromatic N) is 4. The summed E-state index contributed by atoms with van der Waals surface area (Å²) in [6, 6.07) is 5.28. The lowest BCUT2D eigenvalue weighted by Crippen LogP contribution is -2.34. The lowest BCUT2D eigenvalue weighted by atomic mass is 10.2. The lowest BCUT2D eigenvalue weighted by molar-refractivity contribution is -0.141. The molecule has 0 radical (unpaired) electrons. The van der Waals surface area contributed by atoms with E-state index < -0.39 is 42.1 Å². The van der Waals surface area contributed by atoms with Crippen LogP contribution in [0.1, 0.15) is 11.3 Å². The molecule has 0 fully saturated rings. The molecule has 0 bridgehead atoms. The molecule has 12 heteroatoms. The molecule has 1 aromatic carbocycles. The van der Waals surface area contributed by atoms with Gasteiger partial charge >= 0.3 is 12.4 Å². The van der Waals surface area contributed by atoms with Crippen LogP contribution in [0.25, 0.3) is 0 Å². The Hall–Kier alpha value is -2.76. The number of alkyl halides is 6. The number of ether oxygens (including phenoxy) is 1. The third-order valence-electron chi connectivity index (χ3n) is 3.90. The van der Waals surface area contributed by atoms with Crippen molar-refractivity contribution in [1.29, 1.82) is 0 Å². The van der Waals surface area contributed by atoms with E-state index in [2.05, 4.69) is 9.97 Å². The van der Waals surface area contributed by atoms with E-state index in [1.807, 2.05) is 0 Å². The Morgan fingerprint density at radius 2 is 1.63 bits per heavy atom. The summed E-state index contributed by atoms with van der Waals surface area (Å²) in [5.41, 5.74) is -2.16. The normalized spacial score (nSPS) is 13.1. The van der Waals surface area contributed by atoms with Crippen molar-refractivity contribution >= 4 is 11.8 Å². The summed E-state index contributed by atoms with van der Waals surface area (Å²) in [7, 11) is 4.36. The van der Waals surface area contributed by atoms with Crippen LogP contribution in [0.15, 0.2) is 30.3 Å². The van der Waals surface area contributed by atoms with Gasteiger partial charge in [-0.25, -0.2) is 4.98 Å². The van der Waals surface area contributed by atoms with Gasteiger partial charge in [-0.15, -0.1) is 0 Å². The zero-order valence-corrected chi connectivity index (χ0v) is 16.3. The van der Waals surface area contributed by atoms with Gasteiger partial charge in [0, 0.05) is 33.8 Å². The first-order chi connectivity index (χ1) is 13.8. The molecule has 0 spiro atoms. The molecule has 0 saturated carbocycles. The monoisotopic (exact) mass is 438 g/mol. The van der Waals surface area contributed by atoms with Crippen LogP contribution in [-0.4, -0.2) is 55.5 Å². The summed E-state index contributed by atoms with van der Waals surface area (Å²) < 4.78 is 83.3. The molecule has 1 heterocycles. The summed E-state index contributed by atoms with van der Waals surface area (Å²) in [4.78, 5) is 9.99. The van der Waals surface area contributed by atoms with Crippen molar-refractivity contribution in [3.05, 3.63) is 41.6 Å². The molecule has 2 aromatic rings. The number of aromatic nitrogens is 2. The van der Waals surface area contributed by atoms with E-state index in [1.165, 1.54) is 38.2 Å². The maximum atomic E-state index is 13.1. The topological polar surface area (TPSA) is 61.7 Å². The predicted molar refractivity (Wildman–Crippen MR) is 97.6 cm³/mol. The Morgan fingerprint density at radius 1 is 1.00 bits per heavy atom. The molecular weight excluding hydrogens is 418 g/mol. The summed E-state index contributed by atoms with van der Waals surface area (Å²) >= 11 is 0. The summed E-state index contributed by atoms with van der Waals surface area (Å²) in [6.45, 7) is -0.792. The molecule has 0 aliphatic heterocycles. The molecule has 0 saturated heterocycles. The molecule has 0 amide bonds. The number of hydrogen-bond acceptors (Lipinski definition) is 6. The largest absolute Gasteiger partial charge is 0.490 e. The highest BCUT2D eigenvalue weighted by Gasteiger charge is 2.35.